The molecule has 0 saturated carbocycles. The molecule has 118 valence electrons. The van der Waals surface area contributed by atoms with E-state index < -0.39 is 0 Å². The Morgan fingerprint density at radius 3 is 2.48 bits per heavy atom. The topological polar surface area (TPSA) is 50.8 Å². The van der Waals surface area contributed by atoms with Crippen LogP contribution < -0.4 is 10.1 Å². The van der Waals surface area contributed by atoms with Gasteiger partial charge in [-0.1, -0.05) is 12.1 Å². The molecule has 5 nitrogen and oxygen atoms in total. The van der Waals surface area contributed by atoms with E-state index in [2.05, 4.69) is 22.3 Å². The average Bonchev–Trinajstić information content (AvgIpc) is 2.47. The number of nitrogens with zero attached hydrogens (tertiary/aromatic N) is 1. The normalized spacial score (nSPS) is 12.2. The van der Waals surface area contributed by atoms with Gasteiger partial charge in [-0.25, -0.2) is 0 Å². The van der Waals surface area contributed by atoms with Crippen LogP contribution in [0.4, 0.5) is 0 Å². The number of ether oxygens (including phenoxy) is 2. The van der Waals surface area contributed by atoms with Crippen molar-refractivity contribution in [3.63, 3.8) is 0 Å². The maximum atomic E-state index is 11.3. The van der Waals surface area contributed by atoms with E-state index >= 15 is 0 Å². The standard InChI is InChI=1S/C16H26N2O3/c1-5-21-16(19)10-11-17-12-15(18(2)3)13-6-8-14(20-4)9-7-13/h6-9,15,17H,5,10-12H2,1-4H3. The molecular weight excluding hydrogens is 268 g/mol. The quantitative estimate of drug-likeness (QED) is 0.556. The molecule has 1 N–H and O–H groups in total. The molecule has 0 aliphatic carbocycles. The van der Waals surface area contributed by atoms with E-state index in [-0.39, 0.29) is 12.0 Å². The molecule has 1 aromatic carbocycles. The van der Waals surface area contributed by atoms with E-state index in [1.54, 1.807) is 7.11 Å². The van der Waals surface area contributed by atoms with Crippen molar-refractivity contribution in [1.29, 1.82) is 0 Å². The minimum absolute atomic E-state index is 0.157. The van der Waals surface area contributed by atoms with Crippen LogP contribution in [0.25, 0.3) is 0 Å². The van der Waals surface area contributed by atoms with Gasteiger partial charge < -0.3 is 19.7 Å². The Morgan fingerprint density at radius 2 is 1.95 bits per heavy atom. The van der Waals surface area contributed by atoms with Gasteiger partial charge in [-0.2, -0.15) is 0 Å². The van der Waals surface area contributed by atoms with Crippen LogP contribution in [-0.4, -0.2) is 51.8 Å². The van der Waals surface area contributed by atoms with Crippen molar-refractivity contribution in [2.24, 2.45) is 0 Å². The fourth-order valence-corrected chi connectivity index (χ4v) is 2.09. The first-order chi connectivity index (χ1) is 10.1. The predicted molar refractivity (Wildman–Crippen MR) is 83.5 cm³/mol. The van der Waals surface area contributed by atoms with Gasteiger partial charge in [0.05, 0.1) is 20.1 Å². The highest BCUT2D eigenvalue weighted by Gasteiger charge is 2.14. The highest BCUT2D eigenvalue weighted by molar-refractivity contribution is 5.69. The Hall–Kier alpha value is -1.59. The molecule has 0 radical (unpaired) electrons. The third-order valence-electron chi connectivity index (χ3n) is 3.27. The van der Waals surface area contributed by atoms with Crippen molar-refractivity contribution in [3.8, 4) is 5.75 Å². The Bertz CT molecular complexity index is 418. The zero-order valence-corrected chi connectivity index (χ0v) is 13.4. The fourth-order valence-electron chi connectivity index (χ4n) is 2.09. The van der Waals surface area contributed by atoms with Crippen LogP contribution in [0.15, 0.2) is 24.3 Å². The molecule has 5 heteroatoms. The largest absolute Gasteiger partial charge is 0.497 e. The molecule has 1 rings (SSSR count). The highest BCUT2D eigenvalue weighted by Crippen LogP contribution is 2.20. The number of benzene rings is 1. The van der Waals surface area contributed by atoms with Crippen LogP contribution in [0.5, 0.6) is 5.75 Å². The summed E-state index contributed by atoms with van der Waals surface area (Å²) < 4.78 is 10.1. The Kier molecular flexibility index (Phi) is 7.79. The first-order valence-electron chi connectivity index (χ1n) is 7.25. The van der Waals surface area contributed by atoms with Crippen LogP contribution in [0.3, 0.4) is 0 Å². The minimum atomic E-state index is -0.157. The lowest BCUT2D eigenvalue weighted by atomic mass is 10.1. The molecule has 21 heavy (non-hydrogen) atoms. The monoisotopic (exact) mass is 294 g/mol. The number of hydrogen-bond acceptors (Lipinski definition) is 5. The molecule has 0 aromatic heterocycles. The maximum Gasteiger partial charge on any atom is 0.307 e. The third kappa shape index (κ3) is 6.14. The Balaban J connectivity index is 2.48. The van der Waals surface area contributed by atoms with Gasteiger partial charge in [0, 0.05) is 19.1 Å². The van der Waals surface area contributed by atoms with Crippen molar-refractivity contribution < 1.29 is 14.3 Å². The number of nitrogens with one attached hydrogen (secondary N) is 1. The second-order valence-corrected chi connectivity index (χ2v) is 5.01. The highest BCUT2D eigenvalue weighted by atomic mass is 16.5. The molecule has 1 atom stereocenters. The molecular formula is C16H26N2O3. The number of esters is 1. The number of carbonyl (C=O) groups is 1. The molecule has 0 aliphatic rings. The summed E-state index contributed by atoms with van der Waals surface area (Å²) in [6, 6.07) is 8.31. The predicted octanol–water partition coefficient (Wildman–Crippen LogP) is 1.84. The number of carbonyl (C=O) groups excluding carboxylic acids is 1. The van der Waals surface area contributed by atoms with Crippen LogP contribution in [0.1, 0.15) is 24.9 Å². The first kappa shape index (κ1) is 17.5. The van der Waals surface area contributed by atoms with Gasteiger partial charge in [-0.05, 0) is 38.7 Å². The third-order valence-corrected chi connectivity index (χ3v) is 3.27. The molecule has 0 fully saturated rings. The van der Waals surface area contributed by atoms with Crippen molar-refractivity contribution in [2.75, 3.05) is 40.9 Å². The summed E-state index contributed by atoms with van der Waals surface area (Å²) in [5.41, 5.74) is 1.21. The molecule has 0 bridgehead atoms. The van der Waals surface area contributed by atoms with E-state index in [9.17, 15) is 4.79 Å². The Labute approximate surface area is 127 Å². The van der Waals surface area contributed by atoms with Crippen molar-refractivity contribution in [2.45, 2.75) is 19.4 Å². The number of likely N-dealkylation sites (N-methyl/N-ethyl adjacent to an activating group) is 1. The summed E-state index contributed by atoms with van der Waals surface area (Å²) in [6.45, 7) is 3.65. The lowest BCUT2D eigenvalue weighted by Crippen LogP contribution is -2.32. The Morgan fingerprint density at radius 1 is 1.29 bits per heavy atom. The van der Waals surface area contributed by atoms with Gasteiger partial charge in [0.2, 0.25) is 0 Å². The summed E-state index contributed by atoms with van der Waals surface area (Å²) in [5.74, 6) is 0.697. The van der Waals surface area contributed by atoms with Crippen LogP contribution in [0, 0.1) is 0 Å². The summed E-state index contributed by atoms with van der Waals surface area (Å²) in [4.78, 5) is 13.4. The lowest BCUT2D eigenvalue weighted by Gasteiger charge is -2.25. The van der Waals surface area contributed by atoms with Gasteiger partial charge >= 0.3 is 5.97 Å². The van der Waals surface area contributed by atoms with Gasteiger partial charge in [0.25, 0.3) is 0 Å². The van der Waals surface area contributed by atoms with E-state index in [0.717, 1.165) is 12.3 Å². The van der Waals surface area contributed by atoms with Gasteiger partial charge in [-0.15, -0.1) is 0 Å². The molecule has 0 spiro atoms. The van der Waals surface area contributed by atoms with Gasteiger partial charge in [0.1, 0.15) is 5.75 Å². The van der Waals surface area contributed by atoms with Crippen LogP contribution in [0.2, 0.25) is 0 Å². The van der Waals surface area contributed by atoms with Gasteiger partial charge in [-0.3, -0.25) is 4.79 Å². The second-order valence-electron chi connectivity index (χ2n) is 5.01. The zero-order chi connectivity index (χ0) is 15.7. The summed E-state index contributed by atoms with van der Waals surface area (Å²) >= 11 is 0. The molecule has 1 aromatic rings. The lowest BCUT2D eigenvalue weighted by molar-refractivity contribution is -0.142. The maximum absolute atomic E-state index is 11.3. The van der Waals surface area contributed by atoms with Crippen LogP contribution >= 0.6 is 0 Å². The van der Waals surface area contributed by atoms with E-state index in [0.29, 0.717) is 19.6 Å². The molecule has 0 amide bonds. The minimum Gasteiger partial charge on any atom is -0.497 e. The second kappa shape index (κ2) is 9.37. The summed E-state index contributed by atoms with van der Waals surface area (Å²) in [5, 5.41) is 3.31. The smallest absolute Gasteiger partial charge is 0.307 e. The van der Waals surface area contributed by atoms with E-state index in [1.807, 2.05) is 33.2 Å². The molecule has 0 saturated heterocycles. The number of hydrogen-bond donors (Lipinski definition) is 1. The fraction of sp³-hybridized carbons (Fsp3) is 0.562. The number of rotatable bonds is 9. The average molecular weight is 294 g/mol. The van der Waals surface area contributed by atoms with Gasteiger partial charge in [0.15, 0.2) is 0 Å². The van der Waals surface area contributed by atoms with Crippen molar-refractivity contribution >= 4 is 5.97 Å². The number of methoxy groups -OCH3 is 1. The van der Waals surface area contributed by atoms with Crippen molar-refractivity contribution in [3.05, 3.63) is 29.8 Å². The van der Waals surface area contributed by atoms with E-state index in [1.165, 1.54) is 5.56 Å². The summed E-state index contributed by atoms with van der Waals surface area (Å²) in [6.07, 6.45) is 0.399. The zero-order valence-electron chi connectivity index (χ0n) is 13.4. The first-order valence-corrected chi connectivity index (χ1v) is 7.25. The molecule has 0 heterocycles. The molecule has 0 aliphatic heterocycles. The summed E-state index contributed by atoms with van der Waals surface area (Å²) in [7, 11) is 5.75. The van der Waals surface area contributed by atoms with E-state index in [4.69, 9.17) is 9.47 Å². The SMILES string of the molecule is CCOC(=O)CCNCC(c1ccc(OC)cc1)N(C)C. The van der Waals surface area contributed by atoms with Crippen molar-refractivity contribution in [1.82, 2.24) is 10.2 Å². The van der Waals surface area contributed by atoms with Crippen LogP contribution in [-0.2, 0) is 9.53 Å². The molecule has 1 unspecified atom stereocenters.